The van der Waals surface area contributed by atoms with Crippen LogP contribution in [0.3, 0.4) is 0 Å². The molecule has 0 radical (unpaired) electrons. The molecule has 0 saturated heterocycles. The van der Waals surface area contributed by atoms with Gasteiger partial charge >= 0.3 is 0 Å². The molecule has 0 aromatic heterocycles. The zero-order chi connectivity index (χ0) is 14.5. The summed E-state index contributed by atoms with van der Waals surface area (Å²) in [5.74, 6) is 5.36. The molecular formula is C16H18ClFN2. The Hall–Kier alpha value is -1.42. The molecule has 0 spiro atoms. The Morgan fingerprint density at radius 1 is 1.20 bits per heavy atom. The van der Waals surface area contributed by atoms with Crippen molar-refractivity contribution in [3.8, 4) is 0 Å². The molecule has 1 unspecified atom stereocenters. The van der Waals surface area contributed by atoms with Crippen LogP contribution in [-0.4, -0.2) is 0 Å². The molecule has 1 atom stereocenters. The third-order valence-corrected chi connectivity index (χ3v) is 3.69. The van der Waals surface area contributed by atoms with Crippen LogP contribution in [-0.2, 0) is 12.8 Å². The molecule has 3 N–H and O–H groups in total. The highest BCUT2D eigenvalue weighted by atomic mass is 35.5. The van der Waals surface area contributed by atoms with E-state index in [0.717, 1.165) is 12.0 Å². The van der Waals surface area contributed by atoms with E-state index in [2.05, 4.69) is 18.4 Å². The minimum Gasteiger partial charge on any atom is -0.271 e. The minimum absolute atomic E-state index is 0.123. The first kappa shape index (κ1) is 15.0. The standard InChI is InChI=1S/C16H18ClFN2/c1-2-11-5-3-4-6-14(11)16(20-19)9-12-7-8-13(17)10-15(12)18/h3-8,10,16,20H,2,9,19H2,1H3. The van der Waals surface area contributed by atoms with Crippen molar-refractivity contribution in [3.63, 3.8) is 0 Å². The number of hydrogen-bond acceptors (Lipinski definition) is 2. The number of benzene rings is 2. The summed E-state index contributed by atoms with van der Waals surface area (Å²) in [5.41, 5.74) is 5.70. The van der Waals surface area contributed by atoms with E-state index in [0.29, 0.717) is 17.0 Å². The first-order chi connectivity index (χ1) is 9.65. The lowest BCUT2D eigenvalue weighted by molar-refractivity contribution is 0.526. The molecule has 2 rings (SSSR count). The van der Waals surface area contributed by atoms with E-state index in [4.69, 9.17) is 17.4 Å². The van der Waals surface area contributed by atoms with Gasteiger partial charge in [0.1, 0.15) is 5.82 Å². The Bertz CT molecular complexity index is 586. The Kier molecular flexibility index (Phi) is 5.12. The summed E-state index contributed by atoms with van der Waals surface area (Å²) in [6.45, 7) is 2.09. The molecule has 0 fully saturated rings. The smallest absolute Gasteiger partial charge is 0.127 e. The number of aryl methyl sites for hydroxylation is 1. The van der Waals surface area contributed by atoms with Crippen molar-refractivity contribution >= 4 is 11.6 Å². The monoisotopic (exact) mass is 292 g/mol. The molecule has 0 aliphatic heterocycles. The Balaban J connectivity index is 2.29. The maximum absolute atomic E-state index is 13.9. The largest absolute Gasteiger partial charge is 0.271 e. The molecule has 106 valence electrons. The number of hydrogen-bond donors (Lipinski definition) is 2. The SMILES string of the molecule is CCc1ccccc1C(Cc1ccc(Cl)cc1F)NN. The lowest BCUT2D eigenvalue weighted by Gasteiger charge is -2.20. The molecule has 0 bridgehead atoms. The molecule has 4 heteroatoms. The number of halogens is 2. The van der Waals surface area contributed by atoms with Gasteiger partial charge in [-0.2, -0.15) is 0 Å². The summed E-state index contributed by atoms with van der Waals surface area (Å²) in [6, 6.07) is 12.7. The maximum atomic E-state index is 13.9. The van der Waals surface area contributed by atoms with Crippen molar-refractivity contribution in [2.75, 3.05) is 0 Å². The van der Waals surface area contributed by atoms with Crippen molar-refractivity contribution in [2.45, 2.75) is 25.8 Å². The highest BCUT2D eigenvalue weighted by Gasteiger charge is 2.15. The van der Waals surface area contributed by atoms with E-state index >= 15 is 0 Å². The van der Waals surface area contributed by atoms with E-state index in [1.54, 1.807) is 12.1 Å². The lowest BCUT2D eigenvalue weighted by Crippen LogP contribution is -2.30. The summed E-state index contributed by atoms with van der Waals surface area (Å²) < 4.78 is 13.9. The molecule has 2 aromatic carbocycles. The van der Waals surface area contributed by atoms with Gasteiger partial charge in [-0.25, -0.2) is 4.39 Å². The van der Waals surface area contributed by atoms with Gasteiger partial charge in [-0.1, -0.05) is 48.9 Å². The second kappa shape index (κ2) is 6.84. The Labute approximate surface area is 123 Å². The van der Waals surface area contributed by atoms with Crippen LogP contribution in [0.2, 0.25) is 5.02 Å². The van der Waals surface area contributed by atoms with E-state index in [1.165, 1.54) is 11.6 Å². The average molecular weight is 293 g/mol. The molecule has 0 aliphatic rings. The quantitative estimate of drug-likeness (QED) is 0.650. The third-order valence-electron chi connectivity index (χ3n) is 3.45. The minimum atomic E-state index is -0.299. The van der Waals surface area contributed by atoms with Crippen LogP contribution in [0.25, 0.3) is 0 Å². The lowest BCUT2D eigenvalue weighted by atomic mass is 9.94. The molecular weight excluding hydrogens is 275 g/mol. The number of rotatable bonds is 5. The summed E-state index contributed by atoms with van der Waals surface area (Å²) in [6.07, 6.45) is 1.40. The fourth-order valence-corrected chi connectivity index (χ4v) is 2.52. The van der Waals surface area contributed by atoms with Crippen molar-refractivity contribution in [1.29, 1.82) is 0 Å². The Morgan fingerprint density at radius 3 is 2.60 bits per heavy atom. The fraction of sp³-hybridized carbons (Fsp3) is 0.250. The van der Waals surface area contributed by atoms with Crippen LogP contribution in [0, 0.1) is 5.82 Å². The van der Waals surface area contributed by atoms with Crippen LogP contribution in [0.4, 0.5) is 4.39 Å². The predicted molar refractivity (Wildman–Crippen MR) is 81.0 cm³/mol. The molecule has 2 aromatic rings. The van der Waals surface area contributed by atoms with Gasteiger partial charge in [-0.05, 0) is 41.7 Å². The number of nitrogens with one attached hydrogen (secondary N) is 1. The van der Waals surface area contributed by atoms with E-state index in [1.807, 2.05) is 18.2 Å². The number of hydrazine groups is 1. The van der Waals surface area contributed by atoms with Gasteiger partial charge in [0.15, 0.2) is 0 Å². The first-order valence-electron chi connectivity index (χ1n) is 6.63. The first-order valence-corrected chi connectivity index (χ1v) is 7.01. The normalized spacial score (nSPS) is 12.4. The van der Waals surface area contributed by atoms with Crippen LogP contribution >= 0.6 is 11.6 Å². The van der Waals surface area contributed by atoms with Crippen molar-refractivity contribution in [3.05, 3.63) is 70.0 Å². The fourth-order valence-electron chi connectivity index (χ4n) is 2.36. The predicted octanol–water partition coefficient (Wildman–Crippen LogP) is 3.79. The molecule has 0 amide bonds. The van der Waals surface area contributed by atoms with Crippen LogP contribution in [0.1, 0.15) is 29.7 Å². The second-order valence-electron chi connectivity index (χ2n) is 4.71. The highest BCUT2D eigenvalue weighted by Crippen LogP contribution is 2.24. The van der Waals surface area contributed by atoms with Crippen LogP contribution < -0.4 is 11.3 Å². The average Bonchev–Trinajstić information content (AvgIpc) is 2.46. The summed E-state index contributed by atoms with van der Waals surface area (Å²) >= 11 is 5.77. The van der Waals surface area contributed by atoms with Crippen LogP contribution in [0.15, 0.2) is 42.5 Å². The van der Waals surface area contributed by atoms with Gasteiger partial charge in [0.2, 0.25) is 0 Å². The zero-order valence-corrected chi connectivity index (χ0v) is 12.1. The zero-order valence-electron chi connectivity index (χ0n) is 11.4. The van der Waals surface area contributed by atoms with Gasteiger partial charge in [0, 0.05) is 5.02 Å². The molecule has 0 aliphatic carbocycles. The maximum Gasteiger partial charge on any atom is 0.127 e. The molecule has 0 saturated carbocycles. The van der Waals surface area contributed by atoms with Crippen molar-refractivity contribution in [2.24, 2.45) is 5.84 Å². The number of nitrogens with two attached hydrogens (primary N) is 1. The summed E-state index contributed by atoms with van der Waals surface area (Å²) in [5, 5.41) is 0.400. The summed E-state index contributed by atoms with van der Waals surface area (Å²) in [7, 11) is 0. The van der Waals surface area contributed by atoms with E-state index < -0.39 is 0 Å². The van der Waals surface area contributed by atoms with Gasteiger partial charge in [0.05, 0.1) is 6.04 Å². The molecule has 20 heavy (non-hydrogen) atoms. The highest BCUT2D eigenvalue weighted by molar-refractivity contribution is 6.30. The van der Waals surface area contributed by atoms with Crippen molar-refractivity contribution < 1.29 is 4.39 Å². The topological polar surface area (TPSA) is 38.0 Å². The molecule has 2 nitrogen and oxygen atoms in total. The van der Waals surface area contributed by atoms with E-state index in [-0.39, 0.29) is 11.9 Å². The second-order valence-corrected chi connectivity index (χ2v) is 5.15. The van der Waals surface area contributed by atoms with Gasteiger partial charge in [-0.3, -0.25) is 11.3 Å². The van der Waals surface area contributed by atoms with Gasteiger partial charge in [0.25, 0.3) is 0 Å². The van der Waals surface area contributed by atoms with Gasteiger partial charge < -0.3 is 0 Å². The van der Waals surface area contributed by atoms with Crippen molar-refractivity contribution in [1.82, 2.24) is 5.43 Å². The Morgan fingerprint density at radius 2 is 1.95 bits per heavy atom. The third kappa shape index (κ3) is 3.37. The summed E-state index contributed by atoms with van der Waals surface area (Å²) in [4.78, 5) is 0. The molecule has 0 heterocycles. The van der Waals surface area contributed by atoms with Crippen LogP contribution in [0.5, 0.6) is 0 Å². The van der Waals surface area contributed by atoms with E-state index in [9.17, 15) is 4.39 Å². The van der Waals surface area contributed by atoms with Gasteiger partial charge in [-0.15, -0.1) is 0 Å².